The first-order chi connectivity index (χ1) is 13.6. The Balaban J connectivity index is 1.54. The predicted octanol–water partition coefficient (Wildman–Crippen LogP) is 2.31. The molecule has 0 bridgehead atoms. The van der Waals surface area contributed by atoms with Gasteiger partial charge in [-0.25, -0.2) is 0 Å². The Hall–Kier alpha value is -2.51. The molecule has 1 unspecified atom stereocenters. The van der Waals surface area contributed by atoms with Gasteiger partial charge < -0.3 is 14.5 Å². The summed E-state index contributed by atoms with van der Waals surface area (Å²) in [7, 11) is 0. The molecule has 1 aliphatic carbocycles. The van der Waals surface area contributed by atoms with Crippen LogP contribution in [0.3, 0.4) is 0 Å². The van der Waals surface area contributed by atoms with Crippen molar-refractivity contribution in [2.75, 3.05) is 32.8 Å². The van der Waals surface area contributed by atoms with Gasteiger partial charge in [0, 0.05) is 38.7 Å². The Bertz CT molecular complexity index is 856. The summed E-state index contributed by atoms with van der Waals surface area (Å²) in [5.74, 6) is 0.900. The molecule has 1 fully saturated rings. The number of Topliss-reactive ketones (excluding diaryl/α,β-unsaturated/α-hetero) is 1. The first kappa shape index (κ1) is 18.8. The van der Waals surface area contributed by atoms with Gasteiger partial charge in [-0.15, -0.1) is 0 Å². The fraction of sp³-hybridized carbons (Fsp3) is 0.476. The molecule has 1 N–H and O–H groups in total. The molecule has 1 atom stereocenters. The molecule has 1 aliphatic heterocycles. The van der Waals surface area contributed by atoms with Crippen LogP contribution in [0, 0.1) is 6.92 Å². The van der Waals surface area contributed by atoms with E-state index in [1.165, 1.54) is 0 Å². The summed E-state index contributed by atoms with van der Waals surface area (Å²) in [4.78, 5) is 32.1. The van der Waals surface area contributed by atoms with Crippen LogP contribution >= 0.6 is 0 Å². The van der Waals surface area contributed by atoms with Crippen molar-refractivity contribution in [2.24, 2.45) is 0 Å². The Kier molecular flexibility index (Phi) is 5.54. The number of morpholine rings is 1. The van der Waals surface area contributed by atoms with Crippen LogP contribution in [0.15, 0.2) is 28.8 Å². The molecule has 1 amide bonds. The van der Waals surface area contributed by atoms with Crippen LogP contribution in [0.25, 0.3) is 0 Å². The van der Waals surface area contributed by atoms with Crippen molar-refractivity contribution in [1.29, 1.82) is 0 Å². The number of aromatic nitrogens is 1. The molecule has 2 aromatic heterocycles. The van der Waals surface area contributed by atoms with E-state index in [-0.39, 0.29) is 17.7 Å². The third-order valence-corrected chi connectivity index (χ3v) is 5.44. The largest absolute Gasteiger partial charge is 0.465 e. The molecular formula is C21H25N3O4. The molecule has 3 heterocycles. The monoisotopic (exact) mass is 383 g/mol. The van der Waals surface area contributed by atoms with E-state index in [0.717, 1.165) is 25.2 Å². The predicted molar refractivity (Wildman–Crippen MR) is 102 cm³/mol. The van der Waals surface area contributed by atoms with E-state index >= 15 is 0 Å². The van der Waals surface area contributed by atoms with E-state index in [9.17, 15) is 9.59 Å². The summed E-state index contributed by atoms with van der Waals surface area (Å²) < 4.78 is 11.2. The molecular weight excluding hydrogens is 358 g/mol. The molecule has 0 radical (unpaired) electrons. The Labute approximate surface area is 164 Å². The average molecular weight is 383 g/mol. The van der Waals surface area contributed by atoms with Crippen LogP contribution in [0.4, 0.5) is 0 Å². The van der Waals surface area contributed by atoms with E-state index in [1.807, 2.05) is 18.2 Å². The van der Waals surface area contributed by atoms with Gasteiger partial charge in [0.1, 0.15) is 11.5 Å². The van der Waals surface area contributed by atoms with Crippen LogP contribution in [-0.2, 0) is 11.2 Å². The molecule has 0 spiro atoms. The van der Waals surface area contributed by atoms with E-state index < -0.39 is 0 Å². The highest BCUT2D eigenvalue weighted by Crippen LogP contribution is 2.29. The lowest BCUT2D eigenvalue weighted by Gasteiger charge is -2.34. The maximum absolute atomic E-state index is 13.0. The second-order valence-electron chi connectivity index (χ2n) is 7.24. The van der Waals surface area contributed by atoms with Crippen molar-refractivity contribution in [3.8, 4) is 0 Å². The molecule has 4 rings (SSSR count). The fourth-order valence-electron chi connectivity index (χ4n) is 4.04. The minimum atomic E-state index is -0.257. The maximum Gasteiger partial charge on any atom is 0.255 e. The number of ketones is 1. The van der Waals surface area contributed by atoms with Crippen molar-refractivity contribution < 1.29 is 18.7 Å². The van der Waals surface area contributed by atoms with Crippen LogP contribution in [0.2, 0.25) is 0 Å². The van der Waals surface area contributed by atoms with Crippen molar-refractivity contribution >= 4 is 11.7 Å². The number of hydrogen-bond acceptors (Lipinski definition) is 6. The zero-order valence-electron chi connectivity index (χ0n) is 16.1. The summed E-state index contributed by atoms with van der Waals surface area (Å²) in [6.07, 6.45) is 3.72. The lowest BCUT2D eigenvalue weighted by molar-refractivity contribution is 0.0153. The van der Waals surface area contributed by atoms with Gasteiger partial charge in [0.25, 0.3) is 5.91 Å². The van der Waals surface area contributed by atoms with Crippen molar-refractivity contribution in [3.05, 3.63) is 52.7 Å². The van der Waals surface area contributed by atoms with E-state index in [1.54, 1.807) is 13.1 Å². The number of nitrogens with one attached hydrogen (secondary N) is 1. The average Bonchev–Trinajstić information content (AvgIpc) is 3.07. The third kappa shape index (κ3) is 3.72. The van der Waals surface area contributed by atoms with Crippen molar-refractivity contribution in [3.63, 3.8) is 0 Å². The van der Waals surface area contributed by atoms with Gasteiger partial charge in [-0.05, 0) is 25.5 Å². The van der Waals surface area contributed by atoms with Gasteiger partial charge in [-0.3, -0.25) is 19.5 Å². The van der Waals surface area contributed by atoms with Gasteiger partial charge in [-0.1, -0.05) is 6.07 Å². The molecule has 1 saturated heterocycles. The number of nitrogens with zero attached hydrogens (tertiary/aromatic N) is 2. The van der Waals surface area contributed by atoms with Crippen LogP contribution < -0.4 is 5.32 Å². The first-order valence-corrected chi connectivity index (χ1v) is 9.81. The second-order valence-corrected chi connectivity index (χ2v) is 7.24. The van der Waals surface area contributed by atoms with Crippen LogP contribution in [0.5, 0.6) is 0 Å². The maximum atomic E-state index is 13.0. The molecule has 28 heavy (non-hydrogen) atoms. The zero-order chi connectivity index (χ0) is 19.5. The van der Waals surface area contributed by atoms with E-state index in [4.69, 9.17) is 9.15 Å². The number of pyridine rings is 1. The van der Waals surface area contributed by atoms with E-state index in [0.29, 0.717) is 55.2 Å². The number of hydrogen-bond donors (Lipinski definition) is 1. The normalized spacial score (nSPS) is 18.5. The van der Waals surface area contributed by atoms with Crippen LogP contribution in [0.1, 0.15) is 56.8 Å². The number of carbonyl (C=O) groups is 2. The summed E-state index contributed by atoms with van der Waals surface area (Å²) in [5.41, 5.74) is 1.77. The minimum Gasteiger partial charge on any atom is -0.465 e. The molecule has 7 nitrogen and oxygen atoms in total. The number of rotatable bonds is 5. The number of furan rings is 1. The minimum absolute atomic E-state index is 0.00212. The SMILES string of the molecule is Cc1oc2c(c1C(=O)NCC(c1ccccn1)N1CCOCC1)C(=O)CCC2. The topological polar surface area (TPSA) is 84.7 Å². The molecule has 0 saturated carbocycles. The van der Waals surface area contributed by atoms with Gasteiger partial charge in [0.15, 0.2) is 5.78 Å². The summed E-state index contributed by atoms with van der Waals surface area (Å²) in [6, 6.07) is 5.76. The summed E-state index contributed by atoms with van der Waals surface area (Å²) >= 11 is 0. The quantitative estimate of drug-likeness (QED) is 0.853. The Morgan fingerprint density at radius 1 is 1.29 bits per heavy atom. The van der Waals surface area contributed by atoms with Gasteiger partial charge >= 0.3 is 0 Å². The lowest BCUT2D eigenvalue weighted by atomic mass is 9.93. The Morgan fingerprint density at radius 3 is 2.86 bits per heavy atom. The standard InChI is InChI=1S/C21H25N3O4/c1-14-19(20-17(25)6-4-7-18(20)28-14)21(26)23-13-16(15-5-2-3-8-22-15)24-9-11-27-12-10-24/h2-3,5,8,16H,4,6-7,9-13H2,1H3,(H,23,26). The Morgan fingerprint density at radius 2 is 2.11 bits per heavy atom. The van der Waals surface area contributed by atoms with Crippen molar-refractivity contribution in [1.82, 2.24) is 15.2 Å². The molecule has 148 valence electrons. The molecule has 2 aliphatic rings. The summed E-state index contributed by atoms with van der Waals surface area (Å²) in [6.45, 7) is 5.06. The second kappa shape index (κ2) is 8.24. The summed E-state index contributed by atoms with van der Waals surface area (Å²) in [5, 5.41) is 3.02. The smallest absolute Gasteiger partial charge is 0.255 e. The number of aryl methyl sites for hydroxylation is 2. The molecule has 7 heteroatoms. The fourth-order valence-corrected chi connectivity index (χ4v) is 4.04. The first-order valence-electron chi connectivity index (χ1n) is 9.81. The molecule has 0 aromatic carbocycles. The van der Waals surface area contributed by atoms with Crippen LogP contribution in [-0.4, -0.2) is 54.4 Å². The van der Waals surface area contributed by atoms with Gasteiger partial charge in [-0.2, -0.15) is 0 Å². The number of ether oxygens (including phenoxy) is 1. The number of fused-ring (bicyclic) bond motifs is 1. The van der Waals surface area contributed by atoms with Gasteiger partial charge in [0.2, 0.25) is 0 Å². The highest BCUT2D eigenvalue weighted by atomic mass is 16.5. The molecule has 2 aromatic rings. The highest BCUT2D eigenvalue weighted by molar-refractivity contribution is 6.10. The highest BCUT2D eigenvalue weighted by Gasteiger charge is 2.31. The zero-order valence-corrected chi connectivity index (χ0v) is 16.1. The number of amides is 1. The van der Waals surface area contributed by atoms with Gasteiger partial charge in [0.05, 0.1) is 36.1 Å². The van der Waals surface area contributed by atoms with Crippen molar-refractivity contribution in [2.45, 2.75) is 32.2 Å². The van der Waals surface area contributed by atoms with E-state index in [2.05, 4.69) is 15.2 Å². The number of carbonyl (C=O) groups excluding carboxylic acids is 2. The lowest BCUT2D eigenvalue weighted by Crippen LogP contribution is -2.44. The third-order valence-electron chi connectivity index (χ3n) is 5.44.